The third-order valence-corrected chi connectivity index (χ3v) is 3.69. The molecule has 1 aromatic heterocycles. The molecule has 1 saturated heterocycles. The number of nitrogens with one attached hydrogen (secondary N) is 2. The minimum atomic E-state index is -0.177. The van der Waals surface area contributed by atoms with E-state index in [9.17, 15) is 4.79 Å². The van der Waals surface area contributed by atoms with Crippen molar-refractivity contribution >= 4 is 28.1 Å². The lowest BCUT2D eigenvalue weighted by Gasteiger charge is -2.24. The first-order valence-electron chi connectivity index (χ1n) is 6.84. The van der Waals surface area contributed by atoms with Crippen LogP contribution < -0.4 is 16.4 Å². The summed E-state index contributed by atoms with van der Waals surface area (Å²) in [6, 6.07) is 5.60. The zero-order valence-corrected chi connectivity index (χ0v) is 11.4. The van der Waals surface area contributed by atoms with Crippen molar-refractivity contribution in [2.75, 3.05) is 17.6 Å². The van der Waals surface area contributed by atoms with Crippen LogP contribution in [0.15, 0.2) is 24.4 Å². The molecule has 4 N–H and O–H groups in total. The first-order chi connectivity index (χ1) is 9.65. The van der Waals surface area contributed by atoms with Crippen molar-refractivity contribution < 1.29 is 4.79 Å². The molecule has 0 spiro atoms. The third-order valence-electron chi connectivity index (χ3n) is 3.69. The predicted octanol–water partition coefficient (Wildman–Crippen LogP) is 1.82. The number of nitrogens with two attached hydrogens (primary N) is 1. The van der Waals surface area contributed by atoms with E-state index in [1.54, 1.807) is 6.20 Å². The van der Waals surface area contributed by atoms with Gasteiger partial charge in [-0.05, 0) is 38.0 Å². The molecule has 1 fully saturated rings. The van der Waals surface area contributed by atoms with Crippen molar-refractivity contribution in [2.45, 2.75) is 25.8 Å². The van der Waals surface area contributed by atoms with Crippen LogP contribution in [0.5, 0.6) is 0 Å². The van der Waals surface area contributed by atoms with E-state index in [4.69, 9.17) is 5.73 Å². The number of carbonyl (C=O) groups excluding carboxylic acids is 1. The summed E-state index contributed by atoms with van der Waals surface area (Å²) in [6.45, 7) is 2.71. The molecule has 1 unspecified atom stereocenters. The van der Waals surface area contributed by atoms with Crippen LogP contribution in [-0.4, -0.2) is 23.5 Å². The van der Waals surface area contributed by atoms with E-state index in [2.05, 4.69) is 15.6 Å². The SMILES string of the molecule is Cc1cc2c(NC3CCCNC3=O)ccc(N)c2cn1. The van der Waals surface area contributed by atoms with Gasteiger partial charge in [0.25, 0.3) is 0 Å². The summed E-state index contributed by atoms with van der Waals surface area (Å²) in [7, 11) is 0. The summed E-state index contributed by atoms with van der Waals surface area (Å²) >= 11 is 0. The lowest BCUT2D eigenvalue weighted by molar-refractivity contribution is -0.123. The van der Waals surface area contributed by atoms with E-state index in [0.717, 1.165) is 41.5 Å². The zero-order chi connectivity index (χ0) is 14.1. The van der Waals surface area contributed by atoms with Gasteiger partial charge in [0.2, 0.25) is 5.91 Å². The van der Waals surface area contributed by atoms with Crippen molar-refractivity contribution in [3.63, 3.8) is 0 Å². The fraction of sp³-hybridized carbons (Fsp3) is 0.333. The second-order valence-electron chi connectivity index (χ2n) is 5.20. The highest BCUT2D eigenvalue weighted by Gasteiger charge is 2.22. The number of nitrogens with zero attached hydrogens (tertiary/aromatic N) is 1. The lowest BCUT2D eigenvalue weighted by atomic mass is 10.0. The first-order valence-corrected chi connectivity index (χ1v) is 6.84. The molecule has 5 nitrogen and oxygen atoms in total. The van der Waals surface area contributed by atoms with Gasteiger partial charge < -0.3 is 16.4 Å². The number of hydrogen-bond donors (Lipinski definition) is 3. The van der Waals surface area contributed by atoms with E-state index in [1.165, 1.54) is 0 Å². The number of anilines is 2. The van der Waals surface area contributed by atoms with Gasteiger partial charge in [0.15, 0.2) is 0 Å². The average Bonchev–Trinajstić information content (AvgIpc) is 2.44. The van der Waals surface area contributed by atoms with Gasteiger partial charge in [0, 0.05) is 40.6 Å². The molecule has 1 aliphatic heterocycles. The maximum Gasteiger partial charge on any atom is 0.242 e. The van der Waals surface area contributed by atoms with E-state index in [1.807, 2.05) is 25.1 Å². The number of amides is 1. The van der Waals surface area contributed by atoms with Gasteiger partial charge in [-0.1, -0.05) is 0 Å². The molecule has 1 aliphatic rings. The number of piperidine rings is 1. The summed E-state index contributed by atoms with van der Waals surface area (Å²) in [5, 5.41) is 8.14. The van der Waals surface area contributed by atoms with Crippen LogP contribution in [0, 0.1) is 6.92 Å². The quantitative estimate of drug-likeness (QED) is 0.727. The molecular formula is C15H18N4O. The van der Waals surface area contributed by atoms with E-state index >= 15 is 0 Å². The molecule has 0 saturated carbocycles. The maximum atomic E-state index is 11.9. The molecule has 0 radical (unpaired) electrons. The molecule has 1 amide bonds. The Kier molecular flexibility index (Phi) is 3.18. The van der Waals surface area contributed by atoms with Crippen LogP contribution in [0.4, 0.5) is 11.4 Å². The Balaban J connectivity index is 2.00. The lowest BCUT2D eigenvalue weighted by Crippen LogP contribution is -2.44. The van der Waals surface area contributed by atoms with Crippen LogP contribution in [-0.2, 0) is 4.79 Å². The molecule has 5 heteroatoms. The Morgan fingerprint density at radius 1 is 1.40 bits per heavy atom. The largest absolute Gasteiger partial charge is 0.398 e. The predicted molar refractivity (Wildman–Crippen MR) is 80.5 cm³/mol. The van der Waals surface area contributed by atoms with E-state index in [-0.39, 0.29) is 11.9 Å². The molecule has 1 aromatic carbocycles. The zero-order valence-electron chi connectivity index (χ0n) is 11.4. The molecule has 0 aliphatic carbocycles. The van der Waals surface area contributed by atoms with Crippen molar-refractivity contribution in [2.24, 2.45) is 0 Å². The number of aromatic nitrogens is 1. The Labute approximate surface area is 117 Å². The van der Waals surface area contributed by atoms with Crippen molar-refractivity contribution in [1.82, 2.24) is 10.3 Å². The highest BCUT2D eigenvalue weighted by Crippen LogP contribution is 2.29. The van der Waals surface area contributed by atoms with Gasteiger partial charge in [-0.2, -0.15) is 0 Å². The van der Waals surface area contributed by atoms with Crippen molar-refractivity contribution in [1.29, 1.82) is 0 Å². The summed E-state index contributed by atoms with van der Waals surface area (Å²) in [6.07, 6.45) is 3.63. The number of pyridine rings is 1. The van der Waals surface area contributed by atoms with Gasteiger partial charge in [-0.3, -0.25) is 9.78 Å². The number of rotatable bonds is 2. The molecule has 0 bridgehead atoms. The topological polar surface area (TPSA) is 80.0 Å². The minimum Gasteiger partial charge on any atom is -0.398 e. The monoisotopic (exact) mass is 270 g/mol. The van der Waals surface area contributed by atoms with Gasteiger partial charge in [0.05, 0.1) is 0 Å². The van der Waals surface area contributed by atoms with E-state index < -0.39 is 0 Å². The fourth-order valence-electron chi connectivity index (χ4n) is 2.59. The number of aryl methyl sites for hydroxylation is 1. The van der Waals surface area contributed by atoms with Gasteiger partial charge in [-0.15, -0.1) is 0 Å². The summed E-state index contributed by atoms with van der Waals surface area (Å²) in [5.41, 5.74) is 8.55. The Morgan fingerprint density at radius 3 is 3.05 bits per heavy atom. The van der Waals surface area contributed by atoms with Crippen molar-refractivity contribution in [3.8, 4) is 0 Å². The molecule has 104 valence electrons. The molecule has 20 heavy (non-hydrogen) atoms. The van der Waals surface area contributed by atoms with Gasteiger partial charge >= 0.3 is 0 Å². The molecular weight excluding hydrogens is 252 g/mol. The smallest absolute Gasteiger partial charge is 0.242 e. The number of nitrogen functional groups attached to an aromatic ring is 1. The third kappa shape index (κ3) is 2.27. The molecule has 3 rings (SSSR count). The number of carbonyl (C=O) groups is 1. The highest BCUT2D eigenvalue weighted by atomic mass is 16.2. The van der Waals surface area contributed by atoms with Crippen LogP contribution in [0.1, 0.15) is 18.5 Å². The molecule has 2 aromatic rings. The second kappa shape index (κ2) is 5.00. The number of benzene rings is 1. The standard InChI is InChI=1S/C15H18N4O/c1-9-7-10-11(8-18-9)12(16)4-5-13(10)19-14-3-2-6-17-15(14)20/h4-5,7-8,14,19H,2-3,6,16H2,1H3,(H,17,20). The van der Waals surface area contributed by atoms with Gasteiger partial charge in [-0.25, -0.2) is 0 Å². The number of hydrogen-bond acceptors (Lipinski definition) is 4. The summed E-state index contributed by atoms with van der Waals surface area (Å²) < 4.78 is 0. The summed E-state index contributed by atoms with van der Waals surface area (Å²) in [4.78, 5) is 16.1. The molecule has 1 atom stereocenters. The van der Waals surface area contributed by atoms with Crippen LogP contribution in [0.3, 0.4) is 0 Å². The Bertz CT molecular complexity index is 668. The van der Waals surface area contributed by atoms with Crippen LogP contribution in [0.2, 0.25) is 0 Å². The highest BCUT2D eigenvalue weighted by molar-refractivity contribution is 6.01. The fourth-order valence-corrected chi connectivity index (χ4v) is 2.59. The Hall–Kier alpha value is -2.30. The number of fused-ring (bicyclic) bond motifs is 1. The normalized spacial score (nSPS) is 18.9. The maximum absolute atomic E-state index is 11.9. The van der Waals surface area contributed by atoms with E-state index in [0.29, 0.717) is 5.69 Å². The average molecular weight is 270 g/mol. The Morgan fingerprint density at radius 2 is 2.25 bits per heavy atom. The molecule has 2 heterocycles. The summed E-state index contributed by atoms with van der Waals surface area (Å²) in [5.74, 6) is 0.0620. The van der Waals surface area contributed by atoms with Crippen molar-refractivity contribution in [3.05, 3.63) is 30.1 Å². The van der Waals surface area contributed by atoms with Crippen LogP contribution in [0.25, 0.3) is 10.8 Å². The van der Waals surface area contributed by atoms with Gasteiger partial charge in [0.1, 0.15) is 6.04 Å². The minimum absolute atomic E-state index is 0.0620. The van der Waals surface area contributed by atoms with Crippen LogP contribution >= 0.6 is 0 Å². The second-order valence-corrected chi connectivity index (χ2v) is 5.20. The first kappa shape index (κ1) is 12.7.